The molecule has 0 aliphatic rings. The van der Waals surface area contributed by atoms with E-state index >= 15 is 0 Å². The second-order valence-corrected chi connectivity index (χ2v) is 4.51. The maximum Gasteiger partial charge on any atom is 0.125 e. The van der Waals surface area contributed by atoms with Gasteiger partial charge in [0.15, 0.2) is 0 Å². The lowest BCUT2D eigenvalue weighted by molar-refractivity contribution is 0.135. The number of ether oxygens (including phenoxy) is 2. The zero-order valence-electron chi connectivity index (χ0n) is 11.6. The number of rotatable bonds is 8. The van der Waals surface area contributed by atoms with E-state index in [1.54, 1.807) is 13.4 Å². The molecule has 1 aromatic carbocycles. The molecule has 0 spiro atoms. The lowest BCUT2D eigenvalue weighted by Crippen LogP contribution is -2.08. The van der Waals surface area contributed by atoms with Crippen LogP contribution >= 0.6 is 0 Å². The summed E-state index contributed by atoms with van der Waals surface area (Å²) in [5, 5.41) is 10.3. The number of furan rings is 1. The Kier molecular flexibility index (Phi) is 5.65. The highest BCUT2D eigenvalue weighted by Gasteiger charge is 2.13. The van der Waals surface area contributed by atoms with Crippen molar-refractivity contribution in [2.45, 2.75) is 18.9 Å². The summed E-state index contributed by atoms with van der Waals surface area (Å²) in [7, 11) is 1.63. The van der Waals surface area contributed by atoms with E-state index in [-0.39, 0.29) is 0 Å². The molecule has 2 rings (SSSR count). The topological polar surface area (TPSA) is 51.8 Å². The highest BCUT2D eigenvalue weighted by Crippen LogP contribution is 2.28. The van der Waals surface area contributed by atoms with E-state index in [1.165, 1.54) is 0 Å². The molecule has 0 aliphatic carbocycles. The summed E-state index contributed by atoms with van der Waals surface area (Å²) in [6.07, 6.45) is 2.36. The Balaban J connectivity index is 1.95. The molecular weight excluding hydrogens is 256 g/mol. The average molecular weight is 276 g/mol. The fourth-order valence-electron chi connectivity index (χ4n) is 2.01. The molecule has 2 aromatic rings. The SMILES string of the molecule is COCCOc1ccccc1C(O)CCc1ccco1. The third kappa shape index (κ3) is 4.11. The van der Waals surface area contributed by atoms with Crippen LogP contribution in [-0.4, -0.2) is 25.4 Å². The van der Waals surface area contributed by atoms with E-state index in [0.717, 1.165) is 11.3 Å². The van der Waals surface area contributed by atoms with Crippen molar-refractivity contribution >= 4 is 0 Å². The lowest BCUT2D eigenvalue weighted by atomic mass is 10.0. The molecular formula is C16H20O4. The van der Waals surface area contributed by atoms with Gasteiger partial charge in [0.05, 0.1) is 19.0 Å². The van der Waals surface area contributed by atoms with Gasteiger partial charge in [-0.2, -0.15) is 0 Å². The smallest absolute Gasteiger partial charge is 0.125 e. The summed E-state index contributed by atoms with van der Waals surface area (Å²) in [5.41, 5.74) is 0.801. The Labute approximate surface area is 118 Å². The minimum Gasteiger partial charge on any atom is -0.491 e. The number of aryl methyl sites for hydroxylation is 1. The van der Waals surface area contributed by atoms with Crippen LogP contribution in [0.3, 0.4) is 0 Å². The van der Waals surface area contributed by atoms with Gasteiger partial charge >= 0.3 is 0 Å². The van der Waals surface area contributed by atoms with Gasteiger partial charge in [0.25, 0.3) is 0 Å². The third-order valence-electron chi connectivity index (χ3n) is 3.07. The molecule has 0 amide bonds. The Hall–Kier alpha value is -1.78. The summed E-state index contributed by atoms with van der Waals surface area (Å²) in [6.45, 7) is 0.995. The van der Waals surface area contributed by atoms with E-state index in [1.807, 2.05) is 36.4 Å². The van der Waals surface area contributed by atoms with Gasteiger partial charge in [-0.3, -0.25) is 0 Å². The van der Waals surface area contributed by atoms with Crippen molar-refractivity contribution in [1.29, 1.82) is 0 Å². The molecule has 0 fully saturated rings. The van der Waals surface area contributed by atoms with Crippen LogP contribution in [-0.2, 0) is 11.2 Å². The Bertz CT molecular complexity index is 493. The molecule has 0 radical (unpaired) electrons. The predicted molar refractivity (Wildman–Crippen MR) is 75.8 cm³/mol. The number of benzene rings is 1. The van der Waals surface area contributed by atoms with Crippen LogP contribution in [0.15, 0.2) is 47.1 Å². The first kappa shape index (κ1) is 14.6. The van der Waals surface area contributed by atoms with Crippen LogP contribution < -0.4 is 4.74 Å². The lowest BCUT2D eigenvalue weighted by Gasteiger charge is -2.15. The van der Waals surface area contributed by atoms with Gasteiger partial charge in [-0.05, 0) is 24.6 Å². The predicted octanol–water partition coefficient (Wildman–Crippen LogP) is 2.97. The van der Waals surface area contributed by atoms with E-state index in [9.17, 15) is 5.11 Å². The minimum atomic E-state index is -0.571. The zero-order valence-corrected chi connectivity index (χ0v) is 11.6. The van der Waals surface area contributed by atoms with Crippen molar-refractivity contribution in [3.05, 3.63) is 54.0 Å². The molecule has 1 atom stereocenters. The van der Waals surface area contributed by atoms with Gasteiger partial charge in [0.1, 0.15) is 18.1 Å². The molecule has 20 heavy (non-hydrogen) atoms. The Morgan fingerprint density at radius 1 is 1.15 bits per heavy atom. The summed E-state index contributed by atoms with van der Waals surface area (Å²) >= 11 is 0. The first-order valence-electron chi connectivity index (χ1n) is 6.72. The molecule has 0 saturated carbocycles. The van der Waals surface area contributed by atoms with Gasteiger partial charge in [-0.25, -0.2) is 0 Å². The molecule has 4 heteroatoms. The van der Waals surface area contributed by atoms with Crippen molar-refractivity contribution in [2.75, 3.05) is 20.3 Å². The molecule has 108 valence electrons. The summed E-state index contributed by atoms with van der Waals surface area (Å²) < 4.78 is 15.9. The van der Waals surface area contributed by atoms with E-state index < -0.39 is 6.10 Å². The van der Waals surface area contributed by atoms with Crippen LogP contribution in [0.1, 0.15) is 23.8 Å². The maximum absolute atomic E-state index is 10.3. The minimum absolute atomic E-state index is 0.471. The molecule has 1 N–H and O–H groups in total. The second-order valence-electron chi connectivity index (χ2n) is 4.51. The van der Waals surface area contributed by atoms with E-state index in [4.69, 9.17) is 13.9 Å². The summed E-state index contributed by atoms with van der Waals surface area (Å²) in [4.78, 5) is 0. The van der Waals surface area contributed by atoms with Crippen LogP contribution in [0.5, 0.6) is 5.75 Å². The Morgan fingerprint density at radius 3 is 2.75 bits per heavy atom. The van der Waals surface area contributed by atoms with Crippen molar-refractivity contribution in [3.8, 4) is 5.75 Å². The summed E-state index contributed by atoms with van der Waals surface area (Å²) in [5.74, 6) is 1.58. The van der Waals surface area contributed by atoms with Gasteiger partial charge in [0, 0.05) is 19.1 Å². The number of hydrogen-bond donors (Lipinski definition) is 1. The Morgan fingerprint density at radius 2 is 2.00 bits per heavy atom. The van der Waals surface area contributed by atoms with Gasteiger partial charge in [-0.1, -0.05) is 18.2 Å². The van der Waals surface area contributed by atoms with Crippen molar-refractivity contribution in [2.24, 2.45) is 0 Å². The molecule has 4 nitrogen and oxygen atoms in total. The van der Waals surface area contributed by atoms with E-state index in [0.29, 0.717) is 31.8 Å². The maximum atomic E-state index is 10.3. The first-order chi connectivity index (χ1) is 9.81. The molecule has 0 bridgehead atoms. The van der Waals surface area contributed by atoms with Gasteiger partial charge in [0.2, 0.25) is 0 Å². The highest BCUT2D eigenvalue weighted by molar-refractivity contribution is 5.35. The average Bonchev–Trinajstić information content (AvgIpc) is 2.99. The highest BCUT2D eigenvalue weighted by atomic mass is 16.5. The van der Waals surface area contributed by atoms with Crippen LogP contribution in [0.4, 0.5) is 0 Å². The monoisotopic (exact) mass is 276 g/mol. The van der Waals surface area contributed by atoms with Gasteiger partial charge in [-0.15, -0.1) is 0 Å². The number of hydrogen-bond acceptors (Lipinski definition) is 4. The van der Waals surface area contributed by atoms with Crippen LogP contribution in [0, 0.1) is 0 Å². The third-order valence-corrected chi connectivity index (χ3v) is 3.07. The molecule has 0 aliphatic heterocycles. The zero-order chi connectivity index (χ0) is 14.2. The number of methoxy groups -OCH3 is 1. The van der Waals surface area contributed by atoms with Crippen molar-refractivity contribution in [1.82, 2.24) is 0 Å². The number of aliphatic hydroxyl groups excluding tert-OH is 1. The van der Waals surface area contributed by atoms with Gasteiger partial charge < -0.3 is 19.0 Å². The standard InChI is InChI=1S/C16H20O4/c1-18-11-12-20-16-7-3-2-6-14(16)15(17)9-8-13-5-4-10-19-13/h2-7,10,15,17H,8-9,11-12H2,1H3. The molecule has 0 saturated heterocycles. The largest absolute Gasteiger partial charge is 0.491 e. The fourth-order valence-corrected chi connectivity index (χ4v) is 2.01. The summed E-state index contributed by atoms with van der Waals surface area (Å²) in [6, 6.07) is 11.3. The quantitative estimate of drug-likeness (QED) is 0.753. The van der Waals surface area contributed by atoms with Crippen LogP contribution in [0.25, 0.3) is 0 Å². The molecule has 1 heterocycles. The van der Waals surface area contributed by atoms with Crippen molar-refractivity contribution in [3.63, 3.8) is 0 Å². The second kappa shape index (κ2) is 7.72. The van der Waals surface area contributed by atoms with E-state index in [2.05, 4.69) is 0 Å². The number of aliphatic hydroxyl groups is 1. The van der Waals surface area contributed by atoms with Crippen LogP contribution in [0.2, 0.25) is 0 Å². The number of para-hydroxylation sites is 1. The first-order valence-corrected chi connectivity index (χ1v) is 6.72. The molecule has 1 aromatic heterocycles. The molecule has 1 unspecified atom stereocenters. The van der Waals surface area contributed by atoms with Crippen molar-refractivity contribution < 1.29 is 19.0 Å². The normalized spacial score (nSPS) is 12.3. The fraction of sp³-hybridized carbons (Fsp3) is 0.375.